The predicted molar refractivity (Wildman–Crippen MR) is 170 cm³/mol. The second-order valence-corrected chi connectivity index (χ2v) is 11.9. The SMILES string of the molecule is CCCCCCCCC=CCCCCCCCCC(CCCCCC=CCCCCCCCC)CC(=O)O. The van der Waals surface area contributed by atoms with Crippen molar-refractivity contribution in [3.8, 4) is 0 Å². The Morgan fingerprint density at radius 3 is 1.11 bits per heavy atom. The molecule has 1 atom stereocenters. The van der Waals surface area contributed by atoms with Crippen LogP contribution in [0.4, 0.5) is 0 Å². The van der Waals surface area contributed by atoms with Crippen LogP contribution in [-0.4, -0.2) is 11.1 Å². The number of unbranched alkanes of at least 4 members (excludes halogenated alkanes) is 21. The van der Waals surface area contributed by atoms with Gasteiger partial charge in [-0.05, 0) is 70.1 Å². The number of carbonyl (C=O) groups is 1. The van der Waals surface area contributed by atoms with Gasteiger partial charge in [0.05, 0.1) is 0 Å². The van der Waals surface area contributed by atoms with E-state index in [1.807, 2.05) is 0 Å². The first-order chi connectivity index (χ1) is 18.7. The minimum absolute atomic E-state index is 0.364. The normalized spacial score (nSPS) is 12.7. The molecule has 0 radical (unpaired) electrons. The minimum Gasteiger partial charge on any atom is -0.481 e. The predicted octanol–water partition coefficient (Wildman–Crippen LogP) is 12.8. The van der Waals surface area contributed by atoms with E-state index in [0.29, 0.717) is 12.3 Å². The lowest BCUT2D eigenvalue weighted by Crippen LogP contribution is -2.08. The molecule has 0 bridgehead atoms. The summed E-state index contributed by atoms with van der Waals surface area (Å²) < 4.78 is 0. The molecule has 0 aliphatic carbocycles. The Hall–Kier alpha value is -1.05. The van der Waals surface area contributed by atoms with Gasteiger partial charge in [0.1, 0.15) is 0 Å². The Labute approximate surface area is 239 Å². The molecule has 0 spiro atoms. The van der Waals surface area contributed by atoms with Crippen LogP contribution in [0.2, 0.25) is 0 Å². The highest BCUT2D eigenvalue weighted by Crippen LogP contribution is 2.22. The standard InChI is InChI=1S/C36H68O2/c1-3-5-7-9-11-13-15-17-18-19-21-23-25-27-29-31-33-35(34-36(37)38)32-30-28-26-24-22-20-16-14-12-10-8-6-4-2/h17-18,20,22,35H,3-16,19,21,23-34H2,1-2H3,(H,37,38). The van der Waals surface area contributed by atoms with Crippen molar-refractivity contribution in [2.45, 2.75) is 194 Å². The Kier molecular flexibility index (Phi) is 31.3. The number of allylic oxidation sites excluding steroid dienone is 4. The van der Waals surface area contributed by atoms with E-state index in [1.165, 1.54) is 161 Å². The van der Waals surface area contributed by atoms with Gasteiger partial charge in [0.15, 0.2) is 0 Å². The lowest BCUT2D eigenvalue weighted by atomic mass is 9.91. The molecule has 0 aliphatic heterocycles. The first kappa shape index (κ1) is 37.0. The summed E-state index contributed by atoms with van der Waals surface area (Å²) in [5, 5.41) is 9.31. The van der Waals surface area contributed by atoms with E-state index in [-0.39, 0.29) is 0 Å². The molecular weight excluding hydrogens is 464 g/mol. The lowest BCUT2D eigenvalue weighted by molar-refractivity contribution is -0.138. The number of rotatable bonds is 31. The van der Waals surface area contributed by atoms with E-state index < -0.39 is 5.97 Å². The molecule has 0 aliphatic rings. The molecule has 0 aromatic carbocycles. The summed E-state index contributed by atoms with van der Waals surface area (Å²) in [7, 11) is 0. The van der Waals surface area contributed by atoms with Crippen molar-refractivity contribution in [1.29, 1.82) is 0 Å². The topological polar surface area (TPSA) is 37.3 Å². The first-order valence-electron chi connectivity index (χ1n) is 17.2. The van der Waals surface area contributed by atoms with Gasteiger partial charge in [0.25, 0.3) is 0 Å². The summed E-state index contributed by atoms with van der Waals surface area (Å²) in [6.07, 6.45) is 45.1. The van der Waals surface area contributed by atoms with Crippen LogP contribution in [0.25, 0.3) is 0 Å². The van der Waals surface area contributed by atoms with Gasteiger partial charge in [0, 0.05) is 6.42 Å². The highest BCUT2D eigenvalue weighted by atomic mass is 16.4. The van der Waals surface area contributed by atoms with Crippen LogP contribution in [0.5, 0.6) is 0 Å². The molecule has 1 N–H and O–H groups in total. The molecule has 224 valence electrons. The summed E-state index contributed by atoms with van der Waals surface area (Å²) in [6.45, 7) is 4.55. The summed E-state index contributed by atoms with van der Waals surface area (Å²) in [6, 6.07) is 0. The van der Waals surface area contributed by atoms with Crippen LogP contribution in [0.15, 0.2) is 24.3 Å². The van der Waals surface area contributed by atoms with Crippen molar-refractivity contribution in [3.63, 3.8) is 0 Å². The Bertz CT molecular complexity index is 521. The van der Waals surface area contributed by atoms with Gasteiger partial charge >= 0.3 is 5.97 Å². The Balaban J connectivity index is 3.59. The van der Waals surface area contributed by atoms with Crippen molar-refractivity contribution in [3.05, 3.63) is 24.3 Å². The second-order valence-electron chi connectivity index (χ2n) is 11.9. The van der Waals surface area contributed by atoms with E-state index in [9.17, 15) is 9.90 Å². The van der Waals surface area contributed by atoms with E-state index in [2.05, 4.69) is 38.2 Å². The van der Waals surface area contributed by atoms with Crippen LogP contribution in [0.1, 0.15) is 194 Å². The molecule has 0 rings (SSSR count). The number of aliphatic carboxylic acids is 1. The van der Waals surface area contributed by atoms with E-state index in [4.69, 9.17) is 0 Å². The van der Waals surface area contributed by atoms with Crippen molar-refractivity contribution in [2.24, 2.45) is 5.92 Å². The Morgan fingerprint density at radius 1 is 0.474 bits per heavy atom. The molecule has 2 nitrogen and oxygen atoms in total. The van der Waals surface area contributed by atoms with Gasteiger partial charge in [-0.1, -0.05) is 147 Å². The molecule has 38 heavy (non-hydrogen) atoms. The molecule has 0 saturated heterocycles. The fourth-order valence-corrected chi connectivity index (χ4v) is 5.43. The van der Waals surface area contributed by atoms with Gasteiger partial charge in [-0.25, -0.2) is 0 Å². The molecule has 0 aromatic rings. The van der Waals surface area contributed by atoms with Crippen molar-refractivity contribution in [1.82, 2.24) is 0 Å². The second kappa shape index (κ2) is 32.2. The third-order valence-electron chi connectivity index (χ3n) is 7.96. The monoisotopic (exact) mass is 533 g/mol. The largest absolute Gasteiger partial charge is 0.481 e. The molecule has 1 unspecified atom stereocenters. The summed E-state index contributed by atoms with van der Waals surface area (Å²) in [5.74, 6) is -0.232. The molecule has 0 heterocycles. The van der Waals surface area contributed by atoms with Crippen LogP contribution in [-0.2, 0) is 4.79 Å². The van der Waals surface area contributed by atoms with E-state index >= 15 is 0 Å². The van der Waals surface area contributed by atoms with Gasteiger partial charge in [-0.3, -0.25) is 4.79 Å². The maximum Gasteiger partial charge on any atom is 0.303 e. The highest BCUT2D eigenvalue weighted by Gasteiger charge is 2.12. The minimum atomic E-state index is -0.614. The number of hydrogen-bond acceptors (Lipinski definition) is 1. The molecule has 2 heteroatoms. The molecule has 0 amide bonds. The van der Waals surface area contributed by atoms with Crippen molar-refractivity contribution < 1.29 is 9.90 Å². The zero-order chi connectivity index (χ0) is 27.8. The summed E-state index contributed by atoms with van der Waals surface area (Å²) >= 11 is 0. The van der Waals surface area contributed by atoms with Crippen LogP contribution in [0, 0.1) is 5.92 Å². The zero-order valence-electron chi connectivity index (χ0n) is 26.0. The van der Waals surface area contributed by atoms with Crippen LogP contribution in [0.3, 0.4) is 0 Å². The fourth-order valence-electron chi connectivity index (χ4n) is 5.43. The summed E-state index contributed by atoms with van der Waals surface area (Å²) in [4.78, 5) is 11.3. The first-order valence-corrected chi connectivity index (χ1v) is 17.2. The highest BCUT2D eigenvalue weighted by molar-refractivity contribution is 5.66. The van der Waals surface area contributed by atoms with Gasteiger partial charge in [-0.2, -0.15) is 0 Å². The maximum absolute atomic E-state index is 11.3. The third-order valence-corrected chi connectivity index (χ3v) is 7.96. The van der Waals surface area contributed by atoms with Crippen LogP contribution < -0.4 is 0 Å². The smallest absolute Gasteiger partial charge is 0.303 e. The lowest BCUT2D eigenvalue weighted by Gasteiger charge is -2.14. The van der Waals surface area contributed by atoms with Crippen molar-refractivity contribution in [2.75, 3.05) is 0 Å². The number of carboxylic acids is 1. The van der Waals surface area contributed by atoms with Crippen LogP contribution >= 0.6 is 0 Å². The molecule has 0 fully saturated rings. The van der Waals surface area contributed by atoms with Gasteiger partial charge in [0.2, 0.25) is 0 Å². The third kappa shape index (κ3) is 31.2. The number of hydrogen-bond donors (Lipinski definition) is 1. The number of carboxylic acid groups (broad SMARTS) is 1. The van der Waals surface area contributed by atoms with E-state index in [1.54, 1.807) is 0 Å². The average Bonchev–Trinajstić information content (AvgIpc) is 2.90. The zero-order valence-corrected chi connectivity index (χ0v) is 26.0. The van der Waals surface area contributed by atoms with Crippen molar-refractivity contribution >= 4 is 5.97 Å². The molecule has 0 aromatic heterocycles. The van der Waals surface area contributed by atoms with Gasteiger partial charge < -0.3 is 5.11 Å². The summed E-state index contributed by atoms with van der Waals surface area (Å²) in [5.41, 5.74) is 0. The molecular formula is C36H68O2. The molecule has 0 saturated carbocycles. The quantitative estimate of drug-likeness (QED) is 0.0712. The average molecular weight is 533 g/mol. The Morgan fingerprint density at radius 2 is 0.763 bits per heavy atom. The van der Waals surface area contributed by atoms with E-state index in [0.717, 1.165) is 12.8 Å². The van der Waals surface area contributed by atoms with Gasteiger partial charge in [-0.15, -0.1) is 0 Å². The maximum atomic E-state index is 11.3. The fraction of sp³-hybridized carbons (Fsp3) is 0.861.